The second-order valence-corrected chi connectivity index (χ2v) is 8.88. The number of pyridine rings is 1. The van der Waals surface area contributed by atoms with Gasteiger partial charge in [0, 0.05) is 42.3 Å². The van der Waals surface area contributed by atoms with Crippen molar-refractivity contribution in [3.63, 3.8) is 0 Å². The van der Waals surface area contributed by atoms with E-state index in [1.807, 2.05) is 24.0 Å². The lowest BCUT2D eigenvalue weighted by Crippen LogP contribution is -2.41. The zero-order chi connectivity index (χ0) is 20.8. The van der Waals surface area contributed by atoms with Crippen LogP contribution < -0.4 is 5.32 Å². The van der Waals surface area contributed by atoms with E-state index in [-0.39, 0.29) is 17.7 Å². The van der Waals surface area contributed by atoms with Crippen LogP contribution in [-0.4, -0.2) is 40.5 Å². The van der Waals surface area contributed by atoms with Gasteiger partial charge in [-0.1, -0.05) is 12.1 Å². The molecule has 1 N–H and O–H groups in total. The molecule has 1 aliphatic rings. The van der Waals surface area contributed by atoms with Crippen LogP contribution in [0.2, 0.25) is 0 Å². The third-order valence-corrected chi connectivity index (χ3v) is 6.44. The Bertz CT molecular complexity index is 859. The number of nitrogens with zero attached hydrogens (tertiary/aromatic N) is 2. The van der Waals surface area contributed by atoms with Gasteiger partial charge in [-0.15, -0.1) is 11.8 Å². The molecule has 2 aromatic rings. The molecule has 1 aromatic heterocycles. The maximum Gasteiger partial charge on any atom is 0.228 e. The first-order chi connectivity index (χ1) is 13.9. The van der Waals surface area contributed by atoms with Crippen molar-refractivity contribution in [2.75, 3.05) is 24.2 Å². The van der Waals surface area contributed by atoms with Gasteiger partial charge in [0.1, 0.15) is 5.82 Å². The molecule has 0 atom stereocenters. The highest BCUT2D eigenvalue weighted by Crippen LogP contribution is 2.23. The van der Waals surface area contributed by atoms with Gasteiger partial charge >= 0.3 is 0 Å². The summed E-state index contributed by atoms with van der Waals surface area (Å²) < 4.78 is 0. The topological polar surface area (TPSA) is 62.3 Å². The number of likely N-dealkylation sites (tertiary alicyclic amines) is 1. The Labute approximate surface area is 177 Å². The van der Waals surface area contributed by atoms with E-state index in [9.17, 15) is 9.59 Å². The number of hydrogen-bond donors (Lipinski definition) is 1. The molecule has 1 saturated heterocycles. The van der Waals surface area contributed by atoms with Gasteiger partial charge in [-0.2, -0.15) is 0 Å². The number of nitrogens with one attached hydrogen (secondary N) is 1. The fourth-order valence-electron chi connectivity index (χ4n) is 3.38. The number of carbonyl (C=O) groups excluding carboxylic acids is 2. The highest BCUT2D eigenvalue weighted by molar-refractivity contribution is 7.99. The van der Waals surface area contributed by atoms with Crippen LogP contribution in [0.4, 0.5) is 5.82 Å². The van der Waals surface area contributed by atoms with Crippen LogP contribution in [0, 0.1) is 26.7 Å². The van der Waals surface area contributed by atoms with Gasteiger partial charge in [0.05, 0.1) is 0 Å². The normalized spacial score (nSPS) is 14.7. The summed E-state index contributed by atoms with van der Waals surface area (Å²) in [5.74, 6) is 1.48. The molecule has 154 valence electrons. The van der Waals surface area contributed by atoms with Gasteiger partial charge in [0.25, 0.3) is 0 Å². The molecule has 2 amide bonds. The molecule has 6 heteroatoms. The predicted molar refractivity (Wildman–Crippen MR) is 118 cm³/mol. The summed E-state index contributed by atoms with van der Waals surface area (Å²) in [7, 11) is 0. The molecule has 0 saturated carbocycles. The average Bonchev–Trinajstić information content (AvgIpc) is 2.72. The Balaban J connectivity index is 1.40. The Hall–Kier alpha value is -2.34. The van der Waals surface area contributed by atoms with Gasteiger partial charge in [-0.05, 0) is 68.5 Å². The smallest absolute Gasteiger partial charge is 0.228 e. The van der Waals surface area contributed by atoms with Gasteiger partial charge in [0.2, 0.25) is 11.8 Å². The fourth-order valence-corrected chi connectivity index (χ4v) is 4.32. The predicted octanol–water partition coefficient (Wildman–Crippen LogP) is 4.37. The van der Waals surface area contributed by atoms with Crippen LogP contribution in [0.25, 0.3) is 0 Å². The molecular weight excluding hydrogens is 382 g/mol. The molecule has 3 rings (SSSR count). The second kappa shape index (κ2) is 9.92. The monoisotopic (exact) mass is 411 g/mol. The largest absolute Gasteiger partial charge is 0.343 e. The SMILES string of the molecule is Cc1ccc(NC(=O)C2CCN(C(=O)CCSc3ccc(C)c(C)c3)CC2)nc1. The average molecular weight is 412 g/mol. The number of piperidine rings is 1. The highest BCUT2D eigenvalue weighted by Gasteiger charge is 2.27. The van der Waals surface area contributed by atoms with E-state index >= 15 is 0 Å². The third kappa shape index (κ3) is 6.07. The first-order valence-electron chi connectivity index (χ1n) is 10.1. The Morgan fingerprint density at radius 3 is 2.52 bits per heavy atom. The van der Waals surface area contributed by atoms with E-state index < -0.39 is 0 Å². The summed E-state index contributed by atoms with van der Waals surface area (Å²) in [6.45, 7) is 7.47. The molecule has 1 fully saturated rings. The molecule has 29 heavy (non-hydrogen) atoms. The van der Waals surface area contributed by atoms with Crippen LogP contribution in [0.5, 0.6) is 0 Å². The van der Waals surface area contributed by atoms with Crippen LogP contribution in [0.1, 0.15) is 36.0 Å². The molecule has 0 spiro atoms. The van der Waals surface area contributed by atoms with Crippen molar-refractivity contribution in [1.82, 2.24) is 9.88 Å². The van der Waals surface area contributed by atoms with Crippen molar-refractivity contribution in [3.8, 4) is 0 Å². The number of hydrogen-bond acceptors (Lipinski definition) is 4. The maximum atomic E-state index is 12.5. The first kappa shape index (κ1) is 21.4. The van der Waals surface area contributed by atoms with E-state index in [4.69, 9.17) is 0 Å². The summed E-state index contributed by atoms with van der Waals surface area (Å²) in [5, 5.41) is 2.89. The van der Waals surface area contributed by atoms with Gasteiger partial charge in [-0.25, -0.2) is 4.98 Å². The van der Waals surface area contributed by atoms with Crippen molar-refractivity contribution >= 4 is 29.4 Å². The maximum absolute atomic E-state index is 12.5. The van der Waals surface area contributed by atoms with Crippen LogP contribution >= 0.6 is 11.8 Å². The number of thioether (sulfide) groups is 1. The van der Waals surface area contributed by atoms with Gasteiger partial charge in [-0.3, -0.25) is 9.59 Å². The zero-order valence-electron chi connectivity index (χ0n) is 17.4. The molecule has 0 bridgehead atoms. The molecule has 1 aliphatic heterocycles. The molecule has 2 heterocycles. The minimum atomic E-state index is -0.0629. The van der Waals surface area contributed by atoms with E-state index in [0.717, 1.165) is 11.3 Å². The van der Waals surface area contributed by atoms with Crippen LogP contribution in [-0.2, 0) is 9.59 Å². The summed E-state index contributed by atoms with van der Waals surface area (Å²) in [6.07, 6.45) is 3.68. The molecule has 0 aliphatic carbocycles. The van der Waals surface area contributed by atoms with Crippen molar-refractivity contribution in [1.29, 1.82) is 0 Å². The highest BCUT2D eigenvalue weighted by atomic mass is 32.2. The van der Waals surface area contributed by atoms with E-state index in [2.05, 4.69) is 42.3 Å². The quantitative estimate of drug-likeness (QED) is 0.717. The standard InChI is InChI=1S/C23H29N3O2S/c1-16-4-7-21(24-15-16)25-23(28)19-8-11-26(12-9-19)22(27)10-13-29-20-6-5-17(2)18(3)14-20/h4-7,14-15,19H,8-13H2,1-3H3,(H,24,25,28). The summed E-state index contributed by atoms with van der Waals surface area (Å²) in [4.78, 5) is 32.3. The van der Waals surface area contributed by atoms with E-state index in [1.165, 1.54) is 16.0 Å². The molecule has 0 radical (unpaired) electrons. The lowest BCUT2D eigenvalue weighted by molar-refractivity contribution is -0.134. The summed E-state index contributed by atoms with van der Waals surface area (Å²) in [5.41, 5.74) is 3.63. The molecule has 1 aromatic carbocycles. The summed E-state index contributed by atoms with van der Waals surface area (Å²) in [6, 6.07) is 10.2. The Kier molecular flexibility index (Phi) is 7.31. The molecule has 0 unspecified atom stereocenters. The fraction of sp³-hybridized carbons (Fsp3) is 0.435. The number of rotatable bonds is 6. The number of carbonyl (C=O) groups is 2. The lowest BCUT2D eigenvalue weighted by atomic mass is 9.95. The first-order valence-corrected chi connectivity index (χ1v) is 11.1. The number of aromatic nitrogens is 1. The Morgan fingerprint density at radius 1 is 1.10 bits per heavy atom. The van der Waals surface area contributed by atoms with Crippen molar-refractivity contribution in [3.05, 3.63) is 53.2 Å². The Morgan fingerprint density at radius 2 is 1.86 bits per heavy atom. The zero-order valence-corrected chi connectivity index (χ0v) is 18.2. The minimum Gasteiger partial charge on any atom is -0.343 e. The minimum absolute atomic E-state index is 0.00116. The second-order valence-electron chi connectivity index (χ2n) is 7.71. The third-order valence-electron chi connectivity index (χ3n) is 5.44. The molecular formula is C23H29N3O2S. The van der Waals surface area contributed by atoms with Crippen LogP contribution in [0.15, 0.2) is 41.4 Å². The van der Waals surface area contributed by atoms with E-state index in [0.29, 0.717) is 38.2 Å². The summed E-state index contributed by atoms with van der Waals surface area (Å²) >= 11 is 1.72. The van der Waals surface area contributed by atoms with Crippen molar-refractivity contribution in [2.24, 2.45) is 5.92 Å². The van der Waals surface area contributed by atoms with Crippen molar-refractivity contribution in [2.45, 2.75) is 44.9 Å². The van der Waals surface area contributed by atoms with Crippen molar-refractivity contribution < 1.29 is 9.59 Å². The lowest BCUT2D eigenvalue weighted by Gasteiger charge is -2.31. The van der Waals surface area contributed by atoms with Crippen LogP contribution in [0.3, 0.4) is 0 Å². The number of aryl methyl sites for hydroxylation is 3. The number of benzene rings is 1. The number of anilines is 1. The van der Waals surface area contributed by atoms with Gasteiger partial charge in [0.15, 0.2) is 0 Å². The molecule has 5 nitrogen and oxygen atoms in total. The van der Waals surface area contributed by atoms with E-state index in [1.54, 1.807) is 18.0 Å². The van der Waals surface area contributed by atoms with Gasteiger partial charge < -0.3 is 10.2 Å². The number of amides is 2.